The van der Waals surface area contributed by atoms with E-state index in [2.05, 4.69) is 27.0 Å². The fourth-order valence-corrected chi connectivity index (χ4v) is 2.21. The van der Waals surface area contributed by atoms with E-state index in [-0.39, 0.29) is 5.91 Å². The summed E-state index contributed by atoms with van der Waals surface area (Å²) in [4.78, 5) is 20.5. The molecule has 0 aliphatic carbocycles. The topological polar surface area (TPSA) is 48.5 Å². The van der Waals surface area contributed by atoms with Crippen LogP contribution in [0.25, 0.3) is 0 Å². The van der Waals surface area contributed by atoms with E-state index in [0.29, 0.717) is 17.4 Å². The molecule has 1 N–H and O–H groups in total. The van der Waals surface area contributed by atoms with E-state index in [4.69, 9.17) is 11.6 Å². The molecular formula is C13H19ClN4O. The van der Waals surface area contributed by atoms with Gasteiger partial charge < -0.3 is 10.2 Å². The van der Waals surface area contributed by atoms with Crippen molar-refractivity contribution in [3.05, 3.63) is 23.4 Å². The minimum Gasteiger partial charge on any atom is -0.310 e. The highest BCUT2D eigenvalue weighted by Gasteiger charge is 2.17. The van der Waals surface area contributed by atoms with E-state index in [0.717, 1.165) is 32.7 Å². The van der Waals surface area contributed by atoms with Crippen LogP contribution in [0.3, 0.4) is 0 Å². The summed E-state index contributed by atoms with van der Waals surface area (Å²) in [5.74, 6) is 0.515. The zero-order chi connectivity index (χ0) is 13.7. The number of pyridine rings is 1. The Morgan fingerprint density at radius 2 is 2.00 bits per heavy atom. The summed E-state index contributed by atoms with van der Waals surface area (Å²) in [6, 6.07) is 3.42. The second-order valence-corrected chi connectivity index (χ2v) is 5.06. The van der Waals surface area contributed by atoms with Crippen LogP contribution in [0.1, 0.15) is 6.92 Å². The number of carbonyl (C=O) groups is 1. The molecule has 0 saturated carbocycles. The van der Waals surface area contributed by atoms with Gasteiger partial charge >= 0.3 is 0 Å². The maximum Gasteiger partial charge on any atom is 0.239 e. The predicted molar refractivity (Wildman–Crippen MR) is 76.4 cm³/mol. The van der Waals surface area contributed by atoms with Gasteiger partial charge in [-0.15, -0.1) is 0 Å². The van der Waals surface area contributed by atoms with E-state index in [1.807, 2.05) is 0 Å². The number of aromatic nitrogens is 1. The lowest BCUT2D eigenvalue weighted by atomic mass is 10.3. The summed E-state index contributed by atoms with van der Waals surface area (Å²) >= 11 is 5.74. The summed E-state index contributed by atoms with van der Waals surface area (Å²) in [7, 11) is 0. The second kappa shape index (κ2) is 6.84. The van der Waals surface area contributed by atoms with E-state index in [9.17, 15) is 4.79 Å². The van der Waals surface area contributed by atoms with Crippen LogP contribution in [0.15, 0.2) is 18.3 Å². The van der Waals surface area contributed by atoms with Crippen LogP contribution in [-0.2, 0) is 4.79 Å². The number of anilines is 1. The summed E-state index contributed by atoms with van der Waals surface area (Å²) in [6.07, 6.45) is 1.52. The fraction of sp³-hybridized carbons (Fsp3) is 0.538. The molecule has 104 valence electrons. The van der Waals surface area contributed by atoms with Gasteiger partial charge in [-0.1, -0.05) is 18.5 Å². The van der Waals surface area contributed by atoms with Crippen LogP contribution < -0.4 is 5.32 Å². The van der Waals surface area contributed by atoms with E-state index < -0.39 is 0 Å². The summed E-state index contributed by atoms with van der Waals surface area (Å²) in [5, 5.41) is 3.34. The van der Waals surface area contributed by atoms with Gasteiger partial charge in [0.2, 0.25) is 5.91 Å². The highest BCUT2D eigenvalue weighted by atomic mass is 35.5. The first-order valence-corrected chi connectivity index (χ1v) is 6.91. The maximum atomic E-state index is 11.9. The summed E-state index contributed by atoms with van der Waals surface area (Å²) < 4.78 is 0. The maximum absolute atomic E-state index is 11.9. The highest BCUT2D eigenvalue weighted by molar-refractivity contribution is 6.30. The molecule has 0 radical (unpaired) electrons. The lowest BCUT2D eigenvalue weighted by molar-refractivity contribution is -0.117. The average molecular weight is 283 g/mol. The van der Waals surface area contributed by atoms with Gasteiger partial charge in [-0.05, 0) is 18.7 Å². The first-order valence-electron chi connectivity index (χ1n) is 6.53. The minimum atomic E-state index is -0.0280. The minimum absolute atomic E-state index is 0.0280. The highest BCUT2D eigenvalue weighted by Crippen LogP contribution is 2.09. The van der Waals surface area contributed by atoms with Gasteiger partial charge in [0.25, 0.3) is 0 Å². The van der Waals surface area contributed by atoms with Crippen LogP contribution in [0.5, 0.6) is 0 Å². The number of halogens is 1. The lowest BCUT2D eigenvalue weighted by Gasteiger charge is -2.33. The van der Waals surface area contributed by atoms with Crippen molar-refractivity contribution in [3.8, 4) is 0 Å². The van der Waals surface area contributed by atoms with Crippen LogP contribution >= 0.6 is 11.6 Å². The number of hydrogen-bond acceptors (Lipinski definition) is 4. The molecule has 1 amide bonds. The molecule has 1 aliphatic rings. The molecule has 1 fully saturated rings. The number of amides is 1. The molecule has 0 aromatic carbocycles. The SMILES string of the molecule is CCN1CCN(CC(=O)Nc2ccc(Cl)cn2)CC1. The Bertz CT molecular complexity index is 415. The first kappa shape index (κ1) is 14.2. The van der Waals surface area contributed by atoms with Crippen LogP contribution in [-0.4, -0.2) is 60.0 Å². The van der Waals surface area contributed by atoms with E-state index >= 15 is 0 Å². The number of nitrogens with zero attached hydrogens (tertiary/aromatic N) is 3. The summed E-state index contributed by atoms with van der Waals surface area (Å²) in [6.45, 7) is 7.60. The first-order chi connectivity index (χ1) is 9.17. The van der Waals surface area contributed by atoms with Crippen molar-refractivity contribution >= 4 is 23.3 Å². The number of nitrogens with one attached hydrogen (secondary N) is 1. The molecule has 1 aromatic rings. The summed E-state index contributed by atoms with van der Waals surface area (Å²) in [5.41, 5.74) is 0. The number of rotatable bonds is 4. The smallest absolute Gasteiger partial charge is 0.239 e. The monoisotopic (exact) mass is 282 g/mol. The molecule has 0 bridgehead atoms. The molecular weight excluding hydrogens is 264 g/mol. The number of carbonyl (C=O) groups excluding carboxylic acids is 1. The Morgan fingerprint density at radius 1 is 1.32 bits per heavy atom. The van der Waals surface area contributed by atoms with Gasteiger partial charge in [0.05, 0.1) is 11.6 Å². The molecule has 0 spiro atoms. The largest absolute Gasteiger partial charge is 0.310 e. The normalized spacial score (nSPS) is 17.4. The molecule has 0 atom stereocenters. The van der Waals surface area contributed by atoms with Gasteiger partial charge in [0.1, 0.15) is 5.82 Å². The van der Waals surface area contributed by atoms with Gasteiger partial charge in [0.15, 0.2) is 0 Å². The van der Waals surface area contributed by atoms with Gasteiger partial charge in [-0.25, -0.2) is 4.98 Å². The quantitative estimate of drug-likeness (QED) is 0.905. The molecule has 2 heterocycles. The molecule has 5 nitrogen and oxygen atoms in total. The number of piperazine rings is 1. The Morgan fingerprint density at radius 3 is 2.58 bits per heavy atom. The number of likely N-dealkylation sites (N-methyl/N-ethyl adjacent to an activating group) is 1. The van der Waals surface area contributed by atoms with Crippen LogP contribution in [0.4, 0.5) is 5.82 Å². The van der Waals surface area contributed by atoms with E-state index in [1.165, 1.54) is 6.20 Å². The zero-order valence-corrected chi connectivity index (χ0v) is 11.9. The van der Waals surface area contributed by atoms with Crippen LogP contribution in [0, 0.1) is 0 Å². The second-order valence-electron chi connectivity index (χ2n) is 4.62. The van der Waals surface area contributed by atoms with Crippen molar-refractivity contribution < 1.29 is 4.79 Å². The average Bonchev–Trinajstić information content (AvgIpc) is 2.42. The van der Waals surface area contributed by atoms with E-state index in [1.54, 1.807) is 12.1 Å². The molecule has 1 aliphatic heterocycles. The van der Waals surface area contributed by atoms with Crippen molar-refractivity contribution in [2.24, 2.45) is 0 Å². The Hall–Kier alpha value is -1.17. The fourth-order valence-electron chi connectivity index (χ4n) is 2.10. The third-order valence-corrected chi connectivity index (χ3v) is 3.50. The molecule has 19 heavy (non-hydrogen) atoms. The van der Waals surface area contributed by atoms with Crippen molar-refractivity contribution in [2.75, 3.05) is 44.6 Å². The Labute approximate surface area is 118 Å². The third kappa shape index (κ3) is 4.45. The van der Waals surface area contributed by atoms with Crippen LogP contribution in [0.2, 0.25) is 5.02 Å². The molecule has 1 aromatic heterocycles. The Kier molecular flexibility index (Phi) is 5.13. The zero-order valence-electron chi connectivity index (χ0n) is 11.1. The Balaban J connectivity index is 1.77. The standard InChI is InChI=1S/C13H19ClN4O/c1-2-17-5-7-18(8-6-17)10-13(19)16-12-4-3-11(14)9-15-12/h3-4,9H,2,5-8,10H2,1H3,(H,15,16,19). The van der Waals surface area contributed by atoms with Gasteiger partial charge in [-0.3, -0.25) is 9.69 Å². The third-order valence-electron chi connectivity index (χ3n) is 3.27. The van der Waals surface area contributed by atoms with Crippen molar-refractivity contribution in [1.82, 2.24) is 14.8 Å². The predicted octanol–water partition coefficient (Wildman–Crippen LogP) is 1.31. The van der Waals surface area contributed by atoms with Gasteiger partial charge in [-0.2, -0.15) is 0 Å². The van der Waals surface area contributed by atoms with Crippen molar-refractivity contribution in [2.45, 2.75) is 6.92 Å². The van der Waals surface area contributed by atoms with Crippen molar-refractivity contribution in [1.29, 1.82) is 0 Å². The van der Waals surface area contributed by atoms with Gasteiger partial charge in [0, 0.05) is 32.4 Å². The van der Waals surface area contributed by atoms with Crippen molar-refractivity contribution in [3.63, 3.8) is 0 Å². The number of hydrogen-bond donors (Lipinski definition) is 1. The lowest BCUT2D eigenvalue weighted by Crippen LogP contribution is -2.48. The molecule has 6 heteroatoms. The molecule has 0 unspecified atom stereocenters. The molecule has 1 saturated heterocycles. The molecule has 2 rings (SSSR count).